The molecule has 0 radical (unpaired) electrons. The van der Waals surface area contributed by atoms with Crippen molar-refractivity contribution < 1.29 is 4.79 Å². The molecule has 0 aromatic heterocycles. The van der Waals surface area contributed by atoms with Gasteiger partial charge in [-0.2, -0.15) is 11.8 Å². The van der Waals surface area contributed by atoms with E-state index < -0.39 is 0 Å². The van der Waals surface area contributed by atoms with Crippen LogP contribution in [0.2, 0.25) is 0 Å². The van der Waals surface area contributed by atoms with Gasteiger partial charge in [-0.1, -0.05) is 6.92 Å². The van der Waals surface area contributed by atoms with E-state index in [2.05, 4.69) is 18.7 Å². The van der Waals surface area contributed by atoms with Gasteiger partial charge in [-0.25, -0.2) is 0 Å². The molecule has 98 valence electrons. The van der Waals surface area contributed by atoms with Crippen LogP contribution in [0.1, 0.15) is 31.1 Å². The molecule has 1 aromatic rings. The van der Waals surface area contributed by atoms with Gasteiger partial charge in [-0.05, 0) is 32.0 Å². The van der Waals surface area contributed by atoms with Crippen LogP contribution in [0.5, 0.6) is 0 Å². The van der Waals surface area contributed by atoms with Crippen molar-refractivity contribution in [3.8, 4) is 0 Å². The largest absolute Gasteiger partial charge is 0.398 e. The monoisotopic (exact) mass is 264 g/mol. The molecule has 1 aliphatic heterocycles. The van der Waals surface area contributed by atoms with Crippen LogP contribution in [0, 0.1) is 0 Å². The minimum Gasteiger partial charge on any atom is -0.398 e. The van der Waals surface area contributed by atoms with E-state index >= 15 is 0 Å². The van der Waals surface area contributed by atoms with Crippen LogP contribution < -0.4 is 10.6 Å². The summed E-state index contributed by atoms with van der Waals surface area (Å²) in [6.45, 7) is 7.09. The molecule has 4 heteroatoms. The summed E-state index contributed by atoms with van der Waals surface area (Å²) in [5.74, 6) is 1.16. The molecule has 1 fully saturated rings. The second kappa shape index (κ2) is 5.22. The maximum atomic E-state index is 11.4. The molecule has 18 heavy (non-hydrogen) atoms. The number of benzene rings is 1. The Labute approximate surface area is 113 Å². The SMILES string of the molecule is CC(=O)c1ccc(N2CCSC(C)C2C)cc1N. The molecule has 0 amide bonds. The topological polar surface area (TPSA) is 46.3 Å². The predicted molar refractivity (Wildman–Crippen MR) is 79.6 cm³/mol. The van der Waals surface area contributed by atoms with E-state index in [1.165, 1.54) is 0 Å². The number of nitrogens with two attached hydrogens (primary N) is 1. The minimum absolute atomic E-state index is 0.0228. The minimum atomic E-state index is 0.0228. The molecule has 0 saturated carbocycles. The summed E-state index contributed by atoms with van der Waals surface area (Å²) in [6, 6.07) is 6.26. The van der Waals surface area contributed by atoms with Crippen molar-refractivity contribution in [2.45, 2.75) is 32.1 Å². The molecule has 2 rings (SSSR count). The number of ketones is 1. The Morgan fingerprint density at radius 3 is 2.78 bits per heavy atom. The Morgan fingerprint density at radius 1 is 1.44 bits per heavy atom. The zero-order chi connectivity index (χ0) is 13.3. The molecular formula is C14H20N2OS. The summed E-state index contributed by atoms with van der Waals surface area (Å²) in [4.78, 5) is 13.7. The Hall–Kier alpha value is -1.16. The van der Waals surface area contributed by atoms with Gasteiger partial charge >= 0.3 is 0 Å². The Bertz CT molecular complexity index is 461. The summed E-state index contributed by atoms with van der Waals surface area (Å²) < 4.78 is 0. The molecule has 1 aromatic carbocycles. The fourth-order valence-corrected chi connectivity index (χ4v) is 3.45. The summed E-state index contributed by atoms with van der Waals surface area (Å²) in [5, 5.41) is 0.618. The van der Waals surface area contributed by atoms with Crippen LogP contribution in [0.15, 0.2) is 18.2 Å². The molecule has 2 N–H and O–H groups in total. The van der Waals surface area contributed by atoms with Crippen LogP contribution in [-0.2, 0) is 0 Å². The van der Waals surface area contributed by atoms with Crippen molar-refractivity contribution in [2.75, 3.05) is 22.9 Å². The first-order chi connectivity index (χ1) is 8.50. The van der Waals surface area contributed by atoms with Crippen LogP contribution in [0.4, 0.5) is 11.4 Å². The highest BCUT2D eigenvalue weighted by atomic mass is 32.2. The number of hydrogen-bond acceptors (Lipinski definition) is 4. The smallest absolute Gasteiger partial charge is 0.161 e. The number of carbonyl (C=O) groups is 1. The number of Topliss-reactive ketones (excluding diaryl/α,β-unsaturated/α-hetero) is 1. The first-order valence-electron chi connectivity index (χ1n) is 6.29. The second-order valence-corrected chi connectivity index (χ2v) is 6.32. The fraction of sp³-hybridized carbons (Fsp3) is 0.500. The zero-order valence-corrected chi connectivity index (χ0v) is 12.0. The van der Waals surface area contributed by atoms with Gasteiger partial charge < -0.3 is 10.6 Å². The Kier molecular flexibility index (Phi) is 3.85. The molecule has 3 nitrogen and oxygen atoms in total. The van der Waals surface area contributed by atoms with Crippen LogP contribution in [0.25, 0.3) is 0 Å². The molecule has 2 atom stereocenters. The highest BCUT2D eigenvalue weighted by molar-refractivity contribution is 8.00. The summed E-state index contributed by atoms with van der Waals surface area (Å²) in [5.41, 5.74) is 8.28. The first kappa shape index (κ1) is 13.3. The van der Waals surface area contributed by atoms with Gasteiger partial charge in [0.1, 0.15) is 0 Å². The Morgan fingerprint density at radius 2 is 2.17 bits per heavy atom. The van der Waals surface area contributed by atoms with Gasteiger partial charge in [-0.15, -0.1) is 0 Å². The van der Waals surface area contributed by atoms with E-state index in [9.17, 15) is 4.79 Å². The average molecular weight is 264 g/mol. The maximum absolute atomic E-state index is 11.4. The summed E-state index contributed by atoms with van der Waals surface area (Å²) in [7, 11) is 0. The van der Waals surface area contributed by atoms with E-state index in [0.29, 0.717) is 22.5 Å². The normalized spacial score (nSPS) is 24.1. The third-order valence-corrected chi connectivity index (χ3v) is 4.97. The van der Waals surface area contributed by atoms with Gasteiger partial charge in [-0.3, -0.25) is 4.79 Å². The van der Waals surface area contributed by atoms with E-state index in [1.54, 1.807) is 6.92 Å². The van der Waals surface area contributed by atoms with Gasteiger partial charge in [0.05, 0.1) is 0 Å². The first-order valence-corrected chi connectivity index (χ1v) is 7.34. The Balaban J connectivity index is 2.28. The molecular weight excluding hydrogens is 244 g/mol. The van der Waals surface area contributed by atoms with E-state index in [4.69, 9.17) is 5.73 Å². The van der Waals surface area contributed by atoms with Crippen molar-refractivity contribution in [1.82, 2.24) is 0 Å². The second-order valence-electron chi connectivity index (χ2n) is 4.84. The number of rotatable bonds is 2. The number of anilines is 2. The van der Waals surface area contributed by atoms with Crippen molar-refractivity contribution in [1.29, 1.82) is 0 Å². The predicted octanol–water partition coefficient (Wildman–Crippen LogP) is 2.80. The van der Waals surface area contributed by atoms with Crippen molar-refractivity contribution in [2.24, 2.45) is 0 Å². The highest BCUT2D eigenvalue weighted by Crippen LogP contribution is 2.30. The molecule has 1 heterocycles. The van der Waals surface area contributed by atoms with Crippen LogP contribution in [0.3, 0.4) is 0 Å². The molecule has 0 spiro atoms. The lowest BCUT2D eigenvalue weighted by molar-refractivity contribution is 0.101. The number of carbonyl (C=O) groups excluding carboxylic acids is 1. The van der Waals surface area contributed by atoms with Crippen LogP contribution >= 0.6 is 11.8 Å². The standard InChI is InChI=1S/C14H20N2OS/c1-9-11(3)18-7-6-16(9)12-4-5-13(10(2)17)14(15)8-12/h4-5,8-9,11H,6-7,15H2,1-3H3. The molecule has 0 aliphatic carbocycles. The molecule has 2 unspecified atom stereocenters. The average Bonchev–Trinajstić information content (AvgIpc) is 2.32. The lowest BCUT2D eigenvalue weighted by atomic mass is 10.1. The quantitative estimate of drug-likeness (QED) is 0.659. The molecule has 1 aliphatic rings. The third-order valence-electron chi connectivity index (χ3n) is 3.63. The van der Waals surface area contributed by atoms with E-state index in [1.807, 2.05) is 30.0 Å². The van der Waals surface area contributed by atoms with Gasteiger partial charge in [0.15, 0.2) is 5.78 Å². The number of nitrogens with zero attached hydrogens (tertiary/aromatic N) is 1. The van der Waals surface area contributed by atoms with Gasteiger partial charge in [0.25, 0.3) is 0 Å². The zero-order valence-electron chi connectivity index (χ0n) is 11.1. The fourth-order valence-electron chi connectivity index (χ4n) is 2.35. The van der Waals surface area contributed by atoms with Gasteiger partial charge in [0, 0.05) is 40.5 Å². The lowest BCUT2D eigenvalue weighted by Gasteiger charge is -2.39. The summed E-state index contributed by atoms with van der Waals surface area (Å²) in [6.07, 6.45) is 0. The van der Waals surface area contributed by atoms with E-state index in [0.717, 1.165) is 18.0 Å². The lowest BCUT2D eigenvalue weighted by Crippen LogP contribution is -2.44. The number of hydrogen-bond donors (Lipinski definition) is 1. The maximum Gasteiger partial charge on any atom is 0.161 e. The van der Waals surface area contributed by atoms with Crippen molar-refractivity contribution in [3.63, 3.8) is 0 Å². The third kappa shape index (κ3) is 2.48. The number of thioether (sulfide) groups is 1. The molecule has 1 saturated heterocycles. The van der Waals surface area contributed by atoms with Crippen molar-refractivity contribution in [3.05, 3.63) is 23.8 Å². The van der Waals surface area contributed by atoms with Crippen molar-refractivity contribution >= 4 is 28.9 Å². The summed E-state index contributed by atoms with van der Waals surface area (Å²) >= 11 is 2.01. The van der Waals surface area contributed by atoms with Gasteiger partial charge in [0.2, 0.25) is 0 Å². The highest BCUT2D eigenvalue weighted by Gasteiger charge is 2.25. The van der Waals surface area contributed by atoms with E-state index in [-0.39, 0.29) is 5.78 Å². The van der Waals surface area contributed by atoms with Crippen LogP contribution in [-0.4, -0.2) is 29.4 Å². The molecule has 0 bridgehead atoms. The number of nitrogen functional groups attached to an aromatic ring is 1.